The zero-order valence-corrected chi connectivity index (χ0v) is 12.8. The monoisotopic (exact) mass is 291 g/mol. The lowest BCUT2D eigenvalue weighted by atomic mass is 9.96. The third-order valence-corrected chi connectivity index (χ3v) is 4.00. The van der Waals surface area contributed by atoms with E-state index in [4.69, 9.17) is 4.74 Å². The predicted octanol–water partition coefficient (Wildman–Crippen LogP) is 1.56. The first-order chi connectivity index (χ1) is 10.3. The molecule has 1 saturated heterocycles. The Morgan fingerprint density at radius 2 is 2.29 bits per heavy atom. The SMILES string of the molecule is COCCCN1CCC(CNC(=O)c2cccnc2)CC1. The van der Waals surface area contributed by atoms with Crippen molar-refractivity contribution in [3.8, 4) is 0 Å². The van der Waals surface area contributed by atoms with Crippen LogP contribution in [0.1, 0.15) is 29.6 Å². The summed E-state index contributed by atoms with van der Waals surface area (Å²) < 4.78 is 5.08. The first-order valence-corrected chi connectivity index (χ1v) is 7.69. The fraction of sp³-hybridized carbons (Fsp3) is 0.625. The third kappa shape index (κ3) is 5.44. The molecule has 1 aromatic rings. The second kappa shape index (κ2) is 8.74. The summed E-state index contributed by atoms with van der Waals surface area (Å²) in [7, 11) is 1.75. The summed E-state index contributed by atoms with van der Waals surface area (Å²) in [6, 6.07) is 3.58. The molecule has 0 radical (unpaired) electrons. The maximum Gasteiger partial charge on any atom is 0.252 e. The minimum absolute atomic E-state index is 0.0226. The predicted molar refractivity (Wildman–Crippen MR) is 82.2 cm³/mol. The Morgan fingerprint density at radius 1 is 1.48 bits per heavy atom. The Kier molecular flexibility index (Phi) is 6.63. The summed E-state index contributed by atoms with van der Waals surface area (Å²) in [5, 5.41) is 3.02. The van der Waals surface area contributed by atoms with Crippen molar-refractivity contribution < 1.29 is 9.53 Å². The molecule has 5 nitrogen and oxygen atoms in total. The third-order valence-electron chi connectivity index (χ3n) is 4.00. The number of rotatable bonds is 7. The number of carbonyl (C=O) groups is 1. The summed E-state index contributed by atoms with van der Waals surface area (Å²) >= 11 is 0. The van der Waals surface area contributed by atoms with Gasteiger partial charge in [-0.05, 0) is 50.4 Å². The van der Waals surface area contributed by atoms with Gasteiger partial charge >= 0.3 is 0 Å². The Morgan fingerprint density at radius 3 is 2.95 bits per heavy atom. The van der Waals surface area contributed by atoms with Crippen LogP contribution in [-0.4, -0.2) is 55.7 Å². The highest BCUT2D eigenvalue weighted by atomic mass is 16.5. The lowest BCUT2D eigenvalue weighted by Crippen LogP contribution is -2.39. The number of amides is 1. The van der Waals surface area contributed by atoms with Crippen LogP contribution in [0.15, 0.2) is 24.5 Å². The van der Waals surface area contributed by atoms with Crippen molar-refractivity contribution in [2.75, 3.05) is 39.9 Å². The summed E-state index contributed by atoms with van der Waals surface area (Å²) in [5.74, 6) is 0.565. The van der Waals surface area contributed by atoms with Gasteiger partial charge in [0.2, 0.25) is 0 Å². The zero-order chi connectivity index (χ0) is 14.9. The van der Waals surface area contributed by atoms with Crippen LogP contribution in [-0.2, 0) is 4.74 Å². The number of nitrogens with zero attached hydrogens (tertiary/aromatic N) is 2. The molecule has 0 unspecified atom stereocenters. The van der Waals surface area contributed by atoms with E-state index in [1.807, 2.05) is 0 Å². The highest BCUT2D eigenvalue weighted by molar-refractivity contribution is 5.93. The number of ether oxygens (including phenoxy) is 1. The lowest BCUT2D eigenvalue weighted by Gasteiger charge is -2.31. The molecule has 0 aliphatic carbocycles. The van der Waals surface area contributed by atoms with Crippen LogP contribution in [0.5, 0.6) is 0 Å². The van der Waals surface area contributed by atoms with Crippen LogP contribution in [0.3, 0.4) is 0 Å². The number of hydrogen-bond acceptors (Lipinski definition) is 4. The lowest BCUT2D eigenvalue weighted by molar-refractivity contribution is 0.0933. The second-order valence-electron chi connectivity index (χ2n) is 5.58. The molecule has 2 rings (SSSR count). The van der Waals surface area contributed by atoms with Crippen molar-refractivity contribution in [2.45, 2.75) is 19.3 Å². The van der Waals surface area contributed by atoms with E-state index in [0.717, 1.165) is 52.0 Å². The second-order valence-corrected chi connectivity index (χ2v) is 5.58. The quantitative estimate of drug-likeness (QED) is 0.775. The number of pyridine rings is 1. The van der Waals surface area contributed by atoms with Crippen molar-refractivity contribution in [2.24, 2.45) is 5.92 Å². The van der Waals surface area contributed by atoms with E-state index in [1.165, 1.54) is 0 Å². The number of nitrogens with one attached hydrogen (secondary N) is 1. The molecule has 2 heterocycles. The first kappa shape index (κ1) is 15.9. The Bertz CT molecular complexity index is 417. The zero-order valence-electron chi connectivity index (χ0n) is 12.8. The molecule has 0 spiro atoms. The molecule has 21 heavy (non-hydrogen) atoms. The fourth-order valence-corrected chi connectivity index (χ4v) is 2.68. The van der Waals surface area contributed by atoms with Crippen LogP contribution >= 0.6 is 0 Å². The minimum atomic E-state index is -0.0226. The molecule has 1 aliphatic heterocycles. The van der Waals surface area contributed by atoms with E-state index >= 15 is 0 Å². The molecule has 1 fully saturated rings. The van der Waals surface area contributed by atoms with Gasteiger partial charge in [-0.2, -0.15) is 0 Å². The average molecular weight is 291 g/mol. The summed E-state index contributed by atoms with van der Waals surface area (Å²) in [5.41, 5.74) is 0.634. The molecule has 0 atom stereocenters. The topological polar surface area (TPSA) is 54.5 Å². The van der Waals surface area contributed by atoms with Gasteiger partial charge in [0.1, 0.15) is 0 Å². The highest BCUT2D eigenvalue weighted by Gasteiger charge is 2.19. The van der Waals surface area contributed by atoms with Crippen molar-refractivity contribution in [1.29, 1.82) is 0 Å². The van der Waals surface area contributed by atoms with Gasteiger partial charge in [0.25, 0.3) is 5.91 Å². The van der Waals surface area contributed by atoms with Crippen LogP contribution in [0.25, 0.3) is 0 Å². The Hall–Kier alpha value is -1.46. The molecule has 0 aromatic carbocycles. The molecule has 1 aliphatic rings. The van der Waals surface area contributed by atoms with Gasteiger partial charge < -0.3 is 15.0 Å². The largest absolute Gasteiger partial charge is 0.385 e. The van der Waals surface area contributed by atoms with E-state index in [2.05, 4.69) is 15.2 Å². The van der Waals surface area contributed by atoms with Crippen molar-refractivity contribution in [1.82, 2.24) is 15.2 Å². The normalized spacial score (nSPS) is 16.8. The first-order valence-electron chi connectivity index (χ1n) is 7.69. The number of hydrogen-bond donors (Lipinski definition) is 1. The van der Waals surface area contributed by atoms with Crippen molar-refractivity contribution >= 4 is 5.91 Å². The summed E-state index contributed by atoms with van der Waals surface area (Å²) in [6.45, 7) is 4.96. The van der Waals surface area contributed by atoms with Gasteiger partial charge in [0.15, 0.2) is 0 Å². The van der Waals surface area contributed by atoms with Gasteiger partial charge in [-0.15, -0.1) is 0 Å². The van der Waals surface area contributed by atoms with Crippen LogP contribution < -0.4 is 5.32 Å². The maximum absolute atomic E-state index is 12.0. The van der Waals surface area contributed by atoms with Crippen molar-refractivity contribution in [3.63, 3.8) is 0 Å². The molecular formula is C16H25N3O2. The van der Waals surface area contributed by atoms with Gasteiger partial charge in [-0.3, -0.25) is 9.78 Å². The molecule has 1 aromatic heterocycles. The van der Waals surface area contributed by atoms with E-state index < -0.39 is 0 Å². The maximum atomic E-state index is 12.0. The van der Waals surface area contributed by atoms with E-state index in [0.29, 0.717) is 11.5 Å². The average Bonchev–Trinajstić information content (AvgIpc) is 2.55. The molecule has 5 heteroatoms. The Balaban J connectivity index is 1.64. The van der Waals surface area contributed by atoms with E-state index in [1.54, 1.807) is 31.6 Å². The highest BCUT2D eigenvalue weighted by Crippen LogP contribution is 2.16. The molecule has 1 N–H and O–H groups in total. The number of methoxy groups -OCH3 is 1. The fourth-order valence-electron chi connectivity index (χ4n) is 2.68. The summed E-state index contributed by atoms with van der Waals surface area (Å²) in [6.07, 6.45) is 6.68. The molecule has 0 bridgehead atoms. The van der Waals surface area contributed by atoms with Crippen LogP contribution in [0.2, 0.25) is 0 Å². The minimum Gasteiger partial charge on any atom is -0.385 e. The van der Waals surface area contributed by atoms with Gasteiger partial charge in [-0.25, -0.2) is 0 Å². The Labute approximate surface area is 126 Å². The number of aromatic nitrogens is 1. The van der Waals surface area contributed by atoms with E-state index in [-0.39, 0.29) is 5.91 Å². The smallest absolute Gasteiger partial charge is 0.252 e. The molecule has 1 amide bonds. The molecule has 0 saturated carbocycles. The number of piperidine rings is 1. The van der Waals surface area contributed by atoms with Crippen LogP contribution in [0, 0.1) is 5.92 Å². The number of carbonyl (C=O) groups excluding carboxylic acids is 1. The molecule has 116 valence electrons. The van der Waals surface area contributed by atoms with Gasteiger partial charge in [0.05, 0.1) is 5.56 Å². The summed E-state index contributed by atoms with van der Waals surface area (Å²) in [4.78, 5) is 18.4. The van der Waals surface area contributed by atoms with Gasteiger partial charge in [-0.1, -0.05) is 0 Å². The number of likely N-dealkylation sites (tertiary alicyclic amines) is 1. The van der Waals surface area contributed by atoms with E-state index in [9.17, 15) is 4.79 Å². The standard InChI is InChI=1S/C16H25N3O2/c1-21-11-3-8-19-9-5-14(6-10-19)12-18-16(20)15-4-2-7-17-13-15/h2,4,7,13-14H,3,5-6,8-12H2,1H3,(H,18,20). The van der Waals surface area contributed by atoms with Crippen LogP contribution in [0.4, 0.5) is 0 Å². The molecular weight excluding hydrogens is 266 g/mol. The van der Waals surface area contributed by atoms with Gasteiger partial charge in [0, 0.05) is 39.2 Å². The van der Waals surface area contributed by atoms with Crippen molar-refractivity contribution in [3.05, 3.63) is 30.1 Å².